The van der Waals surface area contributed by atoms with Crippen molar-refractivity contribution in [2.24, 2.45) is 23.7 Å². The first kappa shape index (κ1) is 20.4. The van der Waals surface area contributed by atoms with Crippen molar-refractivity contribution in [2.75, 3.05) is 0 Å². The Morgan fingerprint density at radius 3 is 2.33 bits per heavy atom. The maximum Gasteiger partial charge on any atom is 0.0325 e. The van der Waals surface area contributed by atoms with E-state index in [0.717, 1.165) is 23.7 Å². The van der Waals surface area contributed by atoms with Gasteiger partial charge in [-0.2, -0.15) is 0 Å². The molecule has 0 radical (unpaired) electrons. The Labute approximate surface area is 189 Å². The fraction of sp³-hybridized carbons (Fsp3) is 0.583. The minimum atomic E-state index is 0.584. The van der Waals surface area contributed by atoms with Gasteiger partial charge >= 0.3 is 0 Å². The molecular weight excluding hydrogens is 528 g/mol. The molecule has 0 aromatic heterocycles. The SMILES string of the molecule is BrC1=CC=C(C2CC(C3CC=C(Br)CC3)=CC(C3C=CC(Br)CC3)C2)CC1. The van der Waals surface area contributed by atoms with Crippen LogP contribution in [0.2, 0.25) is 0 Å². The summed E-state index contributed by atoms with van der Waals surface area (Å²) >= 11 is 11.2. The van der Waals surface area contributed by atoms with Gasteiger partial charge in [0.25, 0.3) is 0 Å². The fourth-order valence-corrected chi connectivity index (χ4v) is 6.45. The van der Waals surface area contributed by atoms with E-state index in [4.69, 9.17) is 0 Å². The number of alkyl halides is 1. The monoisotopic (exact) mass is 554 g/mol. The third-order valence-electron chi connectivity index (χ3n) is 6.89. The number of halogens is 3. The normalized spacial score (nSPS) is 37.2. The highest BCUT2D eigenvalue weighted by Gasteiger charge is 2.33. The van der Waals surface area contributed by atoms with Crippen molar-refractivity contribution in [3.05, 3.63) is 56.6 Å². The van der Waals surface area contributed by atoms with Crippen LogP contribution in [0.25, 0.3) is 0 Å². The van der Waals surface area contributed by atoms with E-state index in [9.17, 15) is 0 Å². The second-order valence-electron chi connectivity index (χ2n) is 8.66. The molecule has 0 amide bonds. The lowest BCUT2D eigenvalue weighted by atomic mass is 9.68. The van der Waals surface area contributed by atoms with Gasteiger partial charge in [0.05, 0.1) is 0 Å². The fourth-order valence-electron chi connectivity index (χ4n) is 5.26. The number of hydrogen-bond acceptors (Lipinski definition) is 0. The predicted molar refractivity (Wildman–Crippen MR) is 128 cm³/mol. The third-order valence-corrected chi connectivity index (χ3v) is 9.04. The molecule has 4 aliphatic carbocycles. The molecule has 0 bridgehead atoms. The van der Waals surface area contributed by atoms with Gasteiger partial charge in [-0.1, -0.05) is 95.4 Å². The van der Waals surface area contributed by atoms with Crippen molar-refractivity contribution in [3.63, 3.8) is 0 Å². The Hall–Kier alpha value is 0.140. The zero-order valence-electron chi connectivity index (χ0n) is 15.8. The molecule has 0 aromatic rings. The Bertz CT molecular complexity index is 709. The van der Waals surface area contributed by atoms with Crippen LogP contribution in [0.4, 0.5) is 0 Å². The summed E-state index contributed by atoms with van der Waals surface area (Å²) < 4.78 is 2.77. The minimum absolute atomic E-state index is 0.584. The zero-order valence-corrected chi connectivity index (χ0v) is 20.6. The van der Waals surface area contributed by atoms with Gasteiger partial charge in [0, 0.05) is 4.83 Å². The molecule has 0 aliphatic heterocycles. The summed E-state index contributed by atoms with van der Waals surface area (Å²) in [5.74, 6) is 2.96. The standard InChI is InChI=1S/C24H29Br3/c25-22-7-1-16(2-8-22)19-13-20(17-3-9-23(26)10-4-17)15-21(14-19)18-5-11-24(27)12-6-18/h1,3,7,9,11,14,16,18-20,22H,2,4-6,8,10,12-13,15H2. The largest absolute Gasteiger partial charge is 0.0845 e. The van der Waals surface area contributed by atoms with Gasteiger partial charge in [-0.05, 0) is 90.4 Å². The Kier molecular flexibility index (Phi) is 7.03. The lowest BCUT2D eigenvalue weighted by molar-refractivity contribution is 0.319. The lowest BCUT2D eigenvalue weighted by Gasteiger charge is -2.38. The molecule has 5 unspecified atom stereocenters. The summed E-state index contributed by atoms with van der Waals surface area (Å²) in [6, 6.07) is 0. The van der Waals surface area contributed by atoms with Crippen LogP contribution in [0.5, 0.6) is 0 Å². The molecule has 5 atom stereocenters. The van der Waals surface area contributed by atoms with Gasteiger partial charge in [0.2, 0.25) is 0 Å². The van der Waals surface area contributed by atoms with Crippen LogP contribution in [0.3, 0.4) is 0 Å². The molecule has 0 heterocycles. The molecule has 4 aliphatic rings. The highest BCUT2D eigenvalue weighted by Crippen LogP contribution is 2.46. The third kappa shape index (κ3) is 5.20. The van der Waals surface area contributed by atoms with Crippen molar-refractivity contribution < 1.29 is 0 Å². The zero-order chi connectivity index (χ0) is 18.8. The quantitative estimate of drug-likeness (QED) is 0.241. The van der Waals surface area contributed by atoms with Crippen LogP contribution in [-0.4, -0.2) is 4.83 Å². The van der Waals surface area contributed by atoms with E-state index in [0.29, 0.717) is 4.83 Å². The van der Waals surface area contributed by atoms with Gasteiger partial charge < -0.3 is 0 Å². The van der Waals surface area contributed by atoms with E-state index in [-0.39, 0.29) is 0 Å². The average Bonchev–Trinajstić information content (AvgIpc) is 2.69. The van der Waals surface area contributed by atoms with E-state index in [1.165, 1.54) is 66.8 Å². The van der Waals surface area contributed by atoms with Crippen molar-refractivity contribution in [2.45, 2.75) is 62.6 Å². The topological polar surface area (TPSA) is 0 Å². The Morgan fingerprint density at radius 2 is 1.67 bits per heavy atom. The van der Waals surface area contributed by atoms with Crippen LogP contribution in [0.1, 0.15) is 57.8 Å². The minimum Gasteiger partial charge on any atom is -0.0845 e. The molecule has 0 saturated carbocycles. The lowest BCUT2D eigenvalue weighted by Crippen LogP contribution is -2.26. The molecule has 0 saturated heterocycles. The van der Waals surface area contributed by atoms with Crippen LogP contribution in [0, 0.1) is 23.7 Å². The van der Waals surface area contributed by atoms with Crippen molar-refractivity contribution in [1.29, 1.82) is 0 Å². The van der Waals surface area contributed by atoms with Crippen LogP contribution < -0.4 is 0 Å². The van der Waals surface area contributed by atoms with Gasteiger partial charge in [0.1, 0.15) is 0 Å². The van der Waals surface area contributed by atoms with E-state index >= 15 is 0 Å². The maximum absolute atomic E-state index is 3.77. The average molecular weight is 557 g/mol. The summed E-state index contributed by atoms with van der Waals surface area (Å²) in [6.07, 6.45) is 26.2. The molecule has 146 valence electrons. The van der Waals surface area contributed by atoms with Gasteiger partial charge in [0.15, 0.2) is 0 Å². The first-order valence-corrected chi connectivity index (χ1v) is 13.0. The number of rotatable bonds is 3. The smallest absolute Gasteiger partial charge is 0.0325 e. The molecule has 0 spiro atoms. The second-order valence-corrected chi connectivity index (χ2v) is 11.9. The molecule has 0 N–H and O–H groups in total. The highest BCUT2D eigenvalue weighted by molar-refractivity contribution is 9.12. The van der Waals surface area contributed by atoms with E-state index in [1.54, 1.807) is 11.1 Å². The summed E-state index contributed by atoms with van der Waals surface area (Å²) in [4.78, 5) is 0.584. The summed E-state index contributed by atoms with van der Waals surface area (Å²) in [6.45, 7) is 0. The first-order chi connectivity index (χ1) is 13.1. The Balaban J connectivity index is 1.57. The molecule has 0 nitrogen and oxygen atoms in total. The van der Waals surface area contributed by atoms with Gasteiger partial charge in [-0.25, -0.2) is 0 Å². The van der Waals surface area contributed by atoms with Gasteiger partial charge in [-0.3, -0.25) is 0 Å². The molecule has 3 heteroatoms. The van der Waals surface area contributed by atoms with Crippen molar-refractivity contribution >= 4 is 47.8 Å². The maximum atomic E-state index is 3.77. The van der Waals surface area contributed by atoms with Crippen LogP contribution >= 0.6 is 47.8 Å². The molecule has 4 rings (SSSR count). The van der Waals surface area contributed by atoms with Crippen LogP contribution in [0.15, 0.2) is 56.6 Å². The molecule has 0 aromatic carbocycles. The first-order valence-electron chi connectivity index (χ1n) is 10.5. The van der Waals surface area contributed by atoms with E-state index in [1.807, 2.05) is 0 Å². The summed E-state index contributed by atoms with van der Waals surface area (Å²) in [5.41, 5.74) is 3.45. The van der Waals surface area contributed by atoms with E-state index < -0.39 is 0 Å². The predicted octanol–water partition coefficient (Wildman–Crippen LogP) is 8.75. The second kappa shape index (κ2) is 9.30. The van der Waals surface area contributed by atoms with Crippen molar-refractivity contribution in [3.8, 4) is 0 Å². The molecular formula is C24H29Br3. The van der Waals surface area contributed by atoms with E-state index in [2.05, 4.69) is 84.2 Å². The summed E-state index contributed by atoms with van der Waals surface area (Å²) in [7, 11) is 0. The van der Waals surface area contributed by atoms with Crippen molar-refractivity contribution in [1.82, 2.24) is 0 Å². The number of allylic oxidation sites excluding steroid dienone is 10. The Morgan fingerprint density at radius 1 is 0.778 bits per heavy atom. The van der Waals surface area contributed by atoms with Gasteiger partial charge in [-0.15, -0.1) is 0 Å². The van der Waals surface area contributed by atoms with Crippen LogP contribution in [-0.2, 0) is 0 Å². The summed E-state index contributed by atoms with van der Waals surface area (Å²) in [5, 5.41) is 0. The molecule has 0 fully saturated rings. The number of hydrogen-bond donors (Lipinski definition) is 0. The highest BCUT2D eigenvalue weighted by atomic mass is 79.9. The molecule has 27 heavy (non-hydrogen) atoms.